The van der Waals surface area contributed by atoms with Gasteiger partial charge < -0.3 is 15.2 Å². The number of aromatic amines is 1. The van der Waals surface area contributed by atoms with E-state index in [-0.39, 0.29) is 0 Å². The van der Waals surface area contributed by atoms with Gasteiger partial charge >= 0.3 is 0 Å². The van der Waals surface area contributed by atoms with Gasteiger partial charge in [-0.15, -0.1) is 0 Å². The largest absolute Gasteiger partial charge is 0.361 e. The predicted octanol–water partition coefficient (Wildman–Crippen LogP) is 1.92. The van der Waals surface area contributed by atoms with E-state index >= 15 is 0 Å². The highest BCUT2D eigenvalue weighted by atomic mass is 15.2. The lowest BCUT2D eigenvalue weighted by atomic mass is 10.1. The number of fused-ring (bicyclic) bond motifs is 1. The van der Waals surface area contributed by atoms with Crippen LogP contribution >= 0.6 is 0 Å². The van der Waals surface area contributed by atoms with E-state index in [1.165, 1.54) is 41.7 Å². The first-order valence-corrected chi connectivity index (χ1v) is 6.83. The average Bonchev–Trinajstić information content (AvgIpc) is 2.82. The fourth-order valence-electron chi connectivity index (χ4n) is 2.78. The third kappa shape index (κ3) is 2.28. The zero-order chi connectivity index (χ0) is 12.4. The summed E-state index contributed by atoms with van der Waals surface area (Å²) in [4.78, 5) is 5.96. The van der Waals surface area contributed by atoms with Gasteiger partial charge in [-0.05, 0) is 24.5 Å². The Labute approximate surface area is 108 Å². The molecule has 1 saturated heterocycles. The monoisotopic (exact) mass is 243 g/mol. The smallest absolute Gasteiger partial charge is 0.0486 e. The minimum Gasteiger partial charge on any atom is -0.361 e. The lowest BCUT2D eigenvalue weighted by Gasteiger charge is -2.26. The normalized spacial score (nSPS) is 17.4. The van der Waals surface area contributed by atoms with Crippen LogP contribution in [0, 0.1) is 6.92 Å². The standard InChI is InChI=1S/C15H21N3/c1-12-3-2-4-14-13(11-17-15(12)14)5-8-18-9-6-16-7-10-18/h2-4,11,16-17H,5-10H2,1H3. The Bertz CT molecular complexity index is 524. The van der Waals surface area contributed by atoms with Gasteiger partial charge in [0.1, 0.15) is 0 Å². The van der Waals surface area contributed by atoms with E-state index in [1.807, 2.05) is 0 Å². The fourth-order valence-corrected chi connectivity index (χ4v) is 2.78. The summed E-state index contributed by atoms with van der Waals surface area (Å²) in [6.45, 7) is 7.96. The topological polar surface area (TPSA) is 31.1 Å². The first kappa shape index (κ1) is 11.8. The number of piperazine rings is 1. The van der Waals surface area contributed by atoms with E-state index in [1.54, 1.807) is 0 Å². The zero-order valence-corrected chi connectivity index (χ0v) is 11.0. The van der Waals surface area contributed by atoms with E-state index in [9.17, 15) is 0 Å². The Hall–Kier alpha value is -1.32. The maximum absolute atomic E-state index is 3.41. The molecule has 3 nitrogen and oxygen atoms in total. The number of aryl methyl sites for hydroxylation is 1. The summed E-state index contributed by atoms with van der Waals surface area (Å²) in [6.07, 6.45) is 3.32. The van der Waals surface area contributed by atoms with Crippen LogP contribution in [0.1, 0.15) is 11.1 Å². The van der Waals surface area contributed by atoms with Crippen LogP contribution in [-0.4, -0.2) is 42.6 Å². The van der Waals surface area contributed by atoms with Gasteiger partial charge in [-0.3, -0.25) is 0 Å². The molecule has 0 amide bonds. The molecule has 1 aliphatic rings. The van der Waals surface area contributed by atoms with Crippen LogP contribution in [0.25, 0.3) is 10.9 Å². The quantitative estimate of drug-likeness (QED) is 0.863. The van der Waals surface area contributed by atoms with E-state index < -0.39 is 0 Å². The van der Waals surface area contributed by atoms with Gasteiger partial charge in [-0.25, -0.2) is 0 Å². The van der Waals surface area contributed by atoms with Crippen LogP contribution in [-0.2, 0) is 6.42 Å². The maximum atomic E-state index is 3.41. The minimum atomic E-state index is 1.13. The highest BCUT2D eigenvalue weighted by Gasteiger charge is 2.11. The Morgan fingerprint density at radius 2 is 2.06 bits per heavy atom. The molecule has 18 heavy (non-hydrogen) atoms. The number of para-hydroxylation sites is 1. The highest BCUT2D eigenvalue weighted by Crippen LogP contribution is 2.21. The molecular weight excluding hydrogens is 222 g/mol. The van der Waals surface area contributed by atoms with Crippen molar-refractivity contribution in [1.29, 1.82) is 0 Å². The number of aromatic nitrogens is 1. The number of benzene rings is 1. The second-order valence-electron chi connectivity index (χ2n) is 5.15. The van der Waals surface area contributed by atoms with Gasteiger partial charge in [0.25, 0.3) is 0 Å². The number of H-pyrrole nitrogens is 1. The van der Waals surface area contributed by atoms with E-state index in [4.69, 9.17) is 0 Å². The van der Waals surface area contributed by atoms with Gasteiger partial charge in [0.15, 0.2) is 0 Å². The van der Waals surface area contributed by atoms with Crippen LogP contribution < -0.4 is 5.32 Å². The summed E-state index contributed by atoms with van der Waals surface area (Å²) < 4.78 is 0. The second kappa shape index (κ2) is 5.12. The lowest BCUT2D eigenvalue weighted by Crippen LogP contribution is -2.44. The average molecular weight is 243 g/mol. The van der Waals surface area contributed by atoms with Crippen LogP contribution in [0.3, 0.4) is 0 Å². The van der Waals surface area contributed by atoms with Gasteiger partial charge in [0, 0.05) is 49.8 Å². The number of nitrogens with zero attached hydrogens (tertiary/aromatic N) is 1. The molecule has 0 aliphatic carbocycles. The SMILES string of the molecule is Cc1cccc2c(CCN3CCNCC3)c[nH]c12. The van der Waals surface area contributed by atoms with E-state index in [0.717, 1.165) is 19.5 Å². The highest BCUT2D eigenvalue weighted by molar-refractivity contribution is 5.85. The molecule has 0 unspecified atom stereocenters. The summed E-state index contributed by atoms with van der Waals surface area (Å²) >= 11 is 0. The Morgan fingerprint density at radius 3 is 2.89 bits per heavy atom. The summed E-state index contributed by atoms with van der Waals surface area (Å²) in [5.41, 5.74) is 4.08. The van der Waals surface area contributed by atoms with Crippen molar-refractivity contribution in [2.45, 2.75) is 13.3 Å². The molecule has 0 spiro atoms. The number of rotatable bonds is 3. The van der Waals surface area contributed by atoms with E-state index in [2.05, 4.69) is 46.5 Å². The maximum Gasteiger partial charge on any atom is 0.0486 e. The minimum absolute atomic E-state index is 1.13. The van der Waals surface area contributed by atoms with Crippen LogP contribution in [0.5, 0.6) is 0 Å². The van der Waals surface area contributed by atoms with Crippen molar-refractivity contribution in [3.8, 4) is 0 Å². The summed E-state index contributed by atoms with van der Waals surface area (Å²) in [6, 6.07) is 6.55. The molecule has 2 N–H and O–H groups in total. The van der Waals surface area contributed by atoms with Crippen molar-refractivity contribution in [1.82, 2.24) is 15.2 Å². The predicted molar refractivity (Wildman–Crippen MR) is 76.0 cm³/mol. The molecule has 2 heterocycles. The molecule has 0 saturated carbocycles. The number of hydrogen-bond acceptors (Lipinski definition) is 2. The van der Waals surface area contributed by atoms with Gasteiger partial charge in [-0.2, -0.15) is 0 Å². The molecule has 0 atom stereocenters. The van der Waals surface area contributed by atoms with Gasteiger partial charge in [0.2, 0.25) is 0 Å². The first-order chi connectivity index (χ1) is 8.84. The molecular formula is C15H21N3. The summed E-state index contributed by atoms with van der Waals surface area (Å²) in [5.74, 6) is 0. The fraction of sp³-hybridized carbons (Fsp3) is 0.467. The van der Waals surface area contributed by atoms with Crippen molar-refractivity contribution < 1.29 is 0 Å². The number of nitrogens with one attached hydrogen (secondary N) is 2. The summed E-state index contributed by atoms with van der Waals surface area (Å²) in [7, 11) is 0. The Kier molecular flexibility index (Phi) is 3.35. The molecule has 1 aromatic carbocycles. The summed E-state index contributed by atoms with van der Waals surface area (Å²) in [5, 5.41) is 4.79. The van der Waals surface area contributed by atoms with Crippen molar-refractivity contribution >= 4 is 10.9 Å². The zero-order valence-electron chi connectivity index (χ0n) is 11.0. The second-order valence-corrected chi connectivity index (χ2v) is 5.15. The molecule has 3 heteroatoms. The Balaban J connectivity index is 1.72. The van der Waals surface area contributed by atoms with Crippen molar-refractivity contribution in [3.05, 3.63) is 35.5 Å². The Morgan fingerprint density at radius 1 is 1.22 bits per heavy atom. The molecule has 2 aromatic rings. The van der Waals surface area contributed by atoms with Crippen LogP contribution in [0.4, 0.5) is 0 Å². The molecule has 0 bridgehead atoms. The number of hydrogen-bond donors (Lipinski definition) is 2. The third-order valence-electron chi connectivity index (χ3n) is 3.92. The molecule has 3 rings (SSSR count). The van der Waals surface area contributed by atoms with Crippen LogP contribution in [0.2, 0.25) is 0 Å². The molecule has 96 valence electrons. The molecule has 1 aliphatic heterocycles. The van der Waals surface area contributed by atoms with Crippen molar-refractivity contribution in [2.24, 2.45) is 0 Å². The molecule has 1 aromatic heterocycles. The third-order valence-corrected chi connectivity index (χ3v) is 3.92. The van der Waals surface area contributed by atoms with Crippen molar-refractivity contribution in [2.75, 3.05) is 32.7 Å². The van der Waals surface area contributed by atoms with Gasteiger partial charge in [-0.1, -0.05) is 18.2 Å². The van der Waals surface area contributed by atoms with Crippen LogP contribution in [0.15, 0.2) is 24.4 Å². The molecule has 1 fully saturated rings. The lowest BCUT2D eigenvalue weighted by molar-refractivity contribution is 0.244. The van der Waals surface area contributed by atoms with Crippen molar-refractivity contribution in [3.63, 3.8) is 0 Å². The first-order valence-electron chi connectivity index (χ1n) is 6.83. The molecule has 0 radical (unpaired) electrons. The van der Waals surface area contributed by atoms with Gasteiger partial charge in [0.05, 0.1) is 0 Å². The van der Waals surface area contributed by atoms with E-state index in [0.29, 0.717) is 0 Å².